The quantitative estimate of drug-likeness (QED) is 0.688. The maximum absolute atomic E-state index is 12.3. The number of methoxy groups -OCH3 is 1. The predicted molar refractivity (Wildman–Crippen MR) is 41.8 cm³/mol. The molecule has 0 aromatic rings. The van der Waals surface area contributed by atoms with E-state index in [0.29, 0.717) is 5.76 Å². The van der Waals surface area contributed by atoms with E-state index in [1.54, 1.807) is 0 Å². The lowest BCUT2D eigenvalue weighted by Gasteiger charge is -2.29. The van der Waals surface area contributed by atoms with Crippen LogP contribution in [0.15, 0.2) is 24.0 Å². The molecule has 0 radical (unpaired) electrons. The molecule has 0 saturated carbocycles. The van der Waals surface area contributed by atoms with Gasteiger partial charge >= 0.3 is 6.18 Å². The average molecular weight is 193 g/mol. The first-order chi connectivity index (χ1) is 5.89. The van der Waals surface area contributed by atoms with Gasteiger partial charge in [0.25, 0.3) is 0 Å². The van der Waals surface area contributed by atoms with Crippen molar-refractivity contribution >= 4 is 0 Å². The number of allylic oxidation sites excluding steroid dienone is 1. The molecule has 0 bridgehead atoms. The summed E-state index contributed by atoms with van der Waals surface area (Å²) in [6, 6.07) is 0. The Morgan fingerprint density at radius 2 is 2.15 bits per heavy atom. The molecule has 2 nitrogen and oxygen atoms in total. The predicted octanol–water partition coefficient (Wildman–Crippen LogP) is 1.74. The van der Waals surface area contributed by atoms with Gasteiger partial charge in [-0.1, -0.05) is 6.08 Å². The highest BCUT2D eigenvalue weighted by molar-refractivity contribution is 5.26. The van der Waals surface area contributed by atoms with Crippen molar-refractivity contribution in [1.82, 2.24) is 0 Å². The van der Waals surface area contributed by atoms with Crippen LogP contribution in [0.3, 0.4) is 0 Å². The van der Waals surface area contributed by atoms with Gasteiger partial charge in [-0.25, -0.2) is 0 Å². The second-order valence-electron chi connectivity index (χ2n) is 2.89. The van der Waals surface area contributed by atoms with Crippen LogP contribution >= 0.6 is 0 Å². The number of hydrogen-bond donors (Lipinski definition) is 1. The summed E-state index contributed by atoms with van der Waals surface area (Å²) in [6.45, 7) is 0. The third-order valence-electron chi connectivity index (χ3n) is 1.95. The van der Waals surface area contributed by atoms with Gasteiger partial charge in [0, 0.05) is 0 Å². The summed E-state index contributed by atoms with van der Waals surface area (Å²) in [5.41, 5.74) is 2.90. The molecule has 74 valence electrons. The Bertz CT molecular complexity index is 257. The highest BCUT2D eigenvalue weighted by Gasteiger charge is 2.50. The molecule has 1 aliphatic carbocycles. The standard InChI is InChI=1S/C8H10F3NO/c1-13-6-2-4-7(12,5-3-6)8(9,10)11/h2-4H,5,12H2,1H3. The van der Waals surface area contributed by atoms with Crippen LogP contribution in [0.2, 0.25) is 0 Å². The molecule has 0 aromatic carbocycles. The number of hydrogen-bond acceptors (Lipinski definition) is 2. The Kier molecular flexibility index (Phi) is 2.38. The van der Waals surface area contributed by atoms with E-state index in [-0.39, 0.29) is 6.42 Å². The molecule has 0 fully saturated rings. The SMILES string of the molecule is COC1=CCC(N)(C(F)(F)F)C=C1. The van der Waals surface area contributed by atoms with Crippen LogP contribution in [0.25, 0.3) is 0 Å². The molecule has 0 aromatic heterocycles. The third kappa shape index (κ3) is 1.85. The van der Waals surface area contributed by atoms with Crippen molar-refractivity contribution in [2.45, 2.75) is 18.1 Å². The minimum absolute atomic E-state index is 0.282. The van der Waals surface area contributed by atoms with Gasteiger partial charge in [0.1, 0.15) is 11.3 Å². The van der Waals surface area contributed by atoms with Gasteiger partial charge in [0.15, 0.2) is 0 Å². The number of ether oxygens (including phenoxy) is 1. The minimum Gasteiger partial charge on any atom is -0.497 e. The normalized spacial score (nSPS) is 28.5. The Labute approximate surface area is 73.9 Å². The molecule has 1 rings (SSSR count). The Hall–Kier alpha value is -0.970. The van der Waals surface area contributed by atoms with Gasteiger partial charge in [-0.3, -0.25) is 0 Å². The van der Waals surface area contributed by atoms with Crippen LogP contribution in [0.4, 0.5) is 13.2 Å². The Morgan fingerprint density at radius 3 is 2.46 bits per heavy atom. The van der Waals surface area contributed by atoms with Crippen molar-refractivity contribution in [2.24, 2.45) is 5.73 Å². The summed E-state index contributed by atoms with van der Waals surface area (Å²) < 4.78 is 41.7. The number of halogens is 3. The van der Waals surface area contributed by atoms with Gasteiger partial charge in [-0.15, -0.1) is 0 Å². The summed E-state index contributed by atoms with van der Waals surface area (Å²) in [7, 11) is 1.40. The molecule has 13 heavy (non-hydrogen) atoms. The van der Waals surface area contributed by atoms with E-state index in [2.05, 4.69) is 0 Å². The van der Waals surface area contributed by atoms with Crippen molar-refractivity contribution < 1.29 is 17.9 Å². The molecular formula is C8H10F3NO. The summed E-state index contributed by atoms with van der Waals surface area (Å²) in [5.74, 6) is 0.408. The first-order valence-corrected chi connectivity index (χ1v) is 3.68. The smallest absolute Gasteiger partial charge is 0.410 e. The van der Waals surface area contributed by atoms with Gasteiger partial charge in [0.2, 0.25) is 0 Å². The number of nitrogens with two attached hydrogens (primary N) is 1. The van der Waals surface area contributed by atoms with E-state index in [4.69, 9.17) is 10.5 Å². The molecule has 1 aliphatic rings. The zero-order chi connectivity index (χ0) is 10.1. The van der Waals surface area contributed by atoms with Crippen molar-refractivity contribution in [3.63, 3.8) is 0 Å². The zero-order valence-electron chi connectivity index (χ0n) is 7.06. The minimum atomic E-state index is -4.42. The molecule has 0 amide bonds. The van der Waals surface area contributed by atoms with Crippen LogP contribution in [-0.4, -0.2) is 18.8 Å². The van der Waals surface area contributed by atoms with Gasteiger partial charge in [-0.2, -0.15) is 13.2 Å². The molecule has 1 atom stereocenters. The molecule has 1 unspecified atom stereocenters. The van der Waals surface area contributed by atoms with Crippen LogP contribution < -0.4 is 5.73 Å². The summed E-state index contributed by atoms with van der Waals surface area (Å²) >= 11 is 0. The van der Waals surface area contributed by atoms with Gasteiger partial charge in [0.05, 0.1) is 7.11 Å². The second-order valence-corrected chi connectivity index (χ2v) is 2.89. The topological polar surface area (TPSA) is 35.2 Å². The highest BCUT2D eigenvalue weighted by atomic mass is 19.4. The molecular weight excluding hydrogens is 183 g/mol. The highest BCUT2D eigenvalue weighted by Crippen LogP contribution is 2.35. The summed E-state index contributed by atoms with van der Waals surface area (Å²) in [4.78, 5) is 0. The summed E-state index contributed by atoms with van der Waals surface area (Å²) in [6.07, 6.45) is -1.22. The van der Waals surface area contributed by atoms with Gasteiger partial charge in [-0.05, 0) is 18.6 Å². The van der Waals surface area contributed by atoms with E-state index in [9.17, 15) is 13.2 Å². The lowest BCUT2D eigenvalue weighted by molar-refractivity contribution is -0.171. The maximum atomic E-state index is 12.3. The molecule has 0 spiro atoms. The van der Waals surface area contributed by atoms with Gasteiger partial charge < -0.3 is 10.5 Å². The zero-order valence-corrected chi connectivity index (χ0v) is 7.06. The largest absolute Gasteiger partial charge is 0.497 e. The first kappa shape index (κ1) is 10.1. The van der Waals surface area contributed by atoms with Crippen LogP contribution in [0.1, 0.15) is 6.42 Å². The van der Waals surface area contributed by atoms with E-state index in [1.165, 1.54) is 19.3 Å². The molecule has 0 heterocycles. The Balaban J connectivity index is 2.81. The van der Waals surface area contributed by atoms with Crippen molar-refractivity contribution in [1.29, 1.82) is 0 Å². The van der Waals surface area contributed by atoms with Crippen molar-refractivity contribution in [3.8, 4) is 0 Å². The van der Waals surface area contributed by atoms with E-state index in [1.807, 2.05) is 0 Å². The fourth-order valence-corrected chi connectivity index (χ4v) is 0.998. The van der Waals surface area contributed by atoms with Crippen molar-refractivity contribution in [2.75, 3.05) is 7.11 Å². The number of rotatable bonds is 1. The fourth-order valence-electron chi connectivity index (χ4n) is 0.998. The number of alkyl halides is 3. The molecule has 2 N–H and O–H groups in total. The van der Waals surface area contributed by atoms with E-state index < -0.39 is 11.7 Å². The van der Waals surface area contributed by atoms with E-state index >= 15 is 0 Å². The van der Waals surface area contributed by atoms with E-state index in [0.717, 1.165) is 6.08 Å². The molecule has 5 heteroatoms. The fraction of sp³-hybridized carbons (Fsp3) is 0.500. The molecule has 0 saturated heterocycles. The molecule has 0 aliphatic heterocycles. The van der Waals surface area contributed by atoms with Crippen LogP contribution in [0, 0.1) is 0 Å². The first-order valence-electron chi connectivity index (χ1n) is 3.68. The average Bonchev–Trinajstić information content (AvgIpc) is 2.04. The van der Waals surface area contributed by atoms with Crippen LogP contribution in [0.5, 0.6) is 0 Å². The lowest BCUT2D eigenvalue weighted by Crippen LogP contribution is -2.52. The maximum Gasteiger partial charge on any atom is 0.410 e. The lowest BCUT2D eigenvalue weighted by atomic mass is 9.91. The van der Waals surface area contributed by atoms with Crippen LogP contribution in [-0.2, 0) is 4.74 Å². The monoisotopic (exact) mass is 193 g/mol. The Morgan fingerprint density at radius 1 is 1.54 bits per heavy atom. The third-order valence-corrected chi connectivity index (χ3v) is 1.95. The summed E-state index contributed by atoms with van der Waals surface area (Å²) in [5, 5.41) is 0. The second kappa shape index (κ2) is 3.06. The van der Waals surface area contributed by atoms with Crippen molar-refractivity contribution in [3.05, 3.63) is 24.0 Å².